The average Bonchev–Trinajstić information content (AvgIpc) is 2.43. The zero-order valence-corrected chi connectivity index (χ0v) is 12.3. The maximum Gasteiger partial charge on any atom is 0.276 e. The van der Waals surface area contributed by atoms with Gasteiger partial charge in [0.1, 0.15) is 22.4 Å². The third-order valence-corrected chi connectivity index (χ3v) is 3.37. The predicted molar refractivity (Wildman–Crippen MR) is 77.2 cm³/mol. The molecule has 0 atom stereocenters. The average molecular weight is 339 g/mol. The first-order chi connectivity index (χ1) is 9.54. The Labute approximate surface area is 123 Å². The normalized spacial score (nSPS) is 10.2. The minimum atomic E-state index is -0.448. The largest absolute Gasteiger partial charge is 0.437 e. The van der Waals surface area contributed by atoms with Crippen LogP contribution in [0.2, 0.25) is 0 Å². The van der Waals surface area contributed by atoms with E-state index in [2.05, 4.69) is 31.2 Å². The van der Waals surface area contributed by atoms with Crippen molar-refractivity contribution >= 4 is 27.4 Å². The van der Waals surface area contributed by atoms with Crippen LogP contribution in [0.25, 0.3) is 0 Å². The molecule has 1 aromatic heterocycles. The van der Waals surface area contributed by atoms with Gasteiger partial charge in [-0.3, -0.25) is 10.1 Å². The molecule has 0 saturated heterocycles. The second-order valence-electron chi connectivity index (χ2n) is 3.85. The molecule has 1 N–H and O–H groups in total. The molecular formula is C12H11BrN4O3. The van der Waals surface area contributed by atoms with Crippen molar-refractivity contribution in [2.24, 2.45) is 0 Å². The van der Waals surface area contributed by atoms with Crippen molar-refractivity contribution in [2.75, 3.05) is 12.4 Å². The van der Waals surface area contributed by atoms with Gasteiger partial charge in [0.25, 0.3) is 5.69 Å². The summed E-state index contributed by atoms with van der Waals surface area (Å²) >= 11 is 3.32. The fourth-order valence-corrected chi connectivity index (χ4v) is 2.10. The van der Waals surface area contributed by atoms with Crippen LogP contribution in [0.3, 0.4) is 0 Å². The van der Waals surface area contributed by atoms with Gasteiger partial charge in [0.2, 0.25) is 5.88 Å². The van der Waals surface area contributed by atoms with E-state index in [9.17, 15) is 10.1 Å². The monoisotopic (exact) mass is 338 g/mol. The van der Waals surface area contributed by atoms with Crippen LogP contribution >= 0.6 is 15.9 Å². The van der Waals surface area contributed by atoms with E-state index in [1.807, 2.05) is 0 Å². The minimum absolute atomic E-state index is 0.00141. The highest BCUT2D eigenvalue weighted by Crippen LogP contribution is 2.35. The molecule has 8 heteroatoms. The molecule has 0 bridgehead atoms. The number of nitrogens with zero attached hydrogens (tertiary/aromatic N) is 3. The van der Waals surface area contributed by atoms with Gasteiger partial charge in [0, 0.05) is 13.1 Å². The van der Waals surface area contributed by atoms with Gasteiger partial charge in [-0.2, -0.15) is 0 Å². The van der Waals surface area contributed by atoms with Gasteiger partial charge in [0.05, 0.1) is 10.5 Å². The smallest absolute Gasteiger partial charge is 0.276 e. The number of nitro groups is 1. The lowest BCUT2D eigenvalue weighted by Gasteiger charge is -2.10. The van der Waals surface area contributed by atoms with Gasteiger partial charge in [-0.05, 0) is 28.9 Å². The fraction of sp³-hybridized carbons (Fsp3) is 0.167. The first-order valence-electron chi connectivity index (χ1n) is 5.64. The number of hydrogen-bond donors (Lipinski definition) is 1. The number of nitro benzene ring substituents is 1. The number of aromatic nitrogens is 2. The number of halogens is 1. The third kappa shape index (κ3) is 2.69. The van der Waals surface area contributed by atoms with Crippen LogP contribution in [0.4, 0.5) is 11.5 Å². The predicted octanol–water partition coefficient (Wildman–Crippen LogP) is 3.29. The Bertz CT molecular complexity index is 663. The van der Waals surface area contributed by atoms with Gasteiger partial charge < -0.3 is 10.1 Å². The molecule has 104 valence electrons. The third-order valence-electron chi connectivity index (χ3n) is 2.65. The van der Waals surface area contributed by atoms with E-state index >= 15 is 0 Å². The number of hydrogen-bond acceptors (Lipinski definition) is 6. The van der Waals surface area contributed by atoms with Gasteiger partial charge in [-0.25, -0.2) is 9.97 Å². The van der Waals surface area contributed by atoms with Crippen LogP contribution < -0.4 is 10.1 Å². The Kier molecular flexibility index (Phi) is 4.14. The summed E-state index contributed by atoms with van der Waals surface area (Å²) in [6.07, 6.45) is 1.35. The molecule has 0 fully saturated rings. The molecule has 0 radical (unpaired) electrons. The Morgan fingerprint density at radius 1 is 1.40 bits per heavy atom. The summed E-state index contributed by atoms with van der Waals surface area (Å²) in [5.41, 5.74) is 0.440. The molecule has 0 spiro atoms. The zero-order chi connectivity index (χ0) is 14.7. The highest BCUT2D eigenvalue weighted by molar-refractivity contribution is 9.10. The van der Waals surface area contributed by atoms with Crippen molar-refractivity contribution in [3.8, 4) is 11.6 Å². The van der Waals surface area contributed by atoms with E-state index < -0.39 is 4.92 Å². The summed E-state index contributed by atoms with van der Waals surface area (Å²) in [7, 11) is 1.72. The van der Waals surface area contributed by atoms with E-state index in [1.54, 1.807) is 26.1 Å². The van der Waals surface area contributed by atoms with Gasteiger partial charge in [0.15, 0.2) is 0 Å². The second-order valence-corrected chi connectivity index (χ2v) is 4.64. The van der Waals surface area contributed by atoms with Crippen molar-refractivity contribution < 1.29 is 9.66 Å². The molecule has 0 unspecified atom stereocenters. The quantitative estimate of drug-likeness (QED) is 0.679. The Hall–Kier alpha value is -2.22. The molecule has 0 aliphatic heterocycles. The molecule has 0 saturated carbocycles. The topological polar surface area (TPSA) is 90.2 Å². The van der Waals surface area contributed by atoms with Crippen LogP contribution in [-0.2, 0) is 0 Å². The summed E-state index contributed by atoms with van der Waals surface area (Å²) in [6, 6.07) is 4.64. The maximum absolute atomic E-state index is 10.9. The number of benzene rings is 1. The number of rotatable bonds is 4. The van der Waals surface area contributed by atoms with Crippen molar-refractivity contribution in [3.05, 3.63) is 44.7 Å². The lowest BCUT2D eigenvalue weighted by atomic mass is 10.2. The van der Waals surface area contributed by atoms with E-state index in [4.69, 9.17) is 4.74 Å². The Morgan fingerprint density at radius 2 is 2.15 bits per heavy atom. The van der Waals surface area contributed by atoms with Crippen LogP contribution in [-0.4, -0.2) is 21.9 Å². The molecule has 2 aromatic rings. The highest BCUT2D eigenvalue weighted by atomic mass is 79.9. The molecule has 0 aliphatic rings. The van der Waals surface area contributed by atoms with Crippen LogP contribution in [0.1, 0.15) is 5.56 Å². The molecule has 1 heterocycles. The van der Waals surface area contributed by atoms with Crippen molar-refractivity contribution in [1.82, 2.24) is 9.97 Å². The number of anilines is 1. The van der Waals surface area contributed by atoms with E-state index in [1.165, 1.54) is 12.4 Å². The number of nitrogens with one attached hydrogen (secondary N) is 1. The molecular weight excluding hydrogens is 328 g/mol. The number of ether oxygens (including phenoxy) is 1. The second kappa shape index (κ2) is 5.83. The maximum atomic E-state index is 10.9. The SMILES string of the molecule is CNc1ncnc(Oc2cccc([N+](=O)[O-])c2C)c1Br. The molecule has 20 heavy (non-hydrogen) atoms. The highest BCUT2D eigenvalue weighted by Gasteiger charge is 2.17. The summed E-state index contributed by atoms with van der Waals surface area (Å²) in [5, 5.41) is 13.8. The summed E-state index contributed by atoms with van der Waals surface area (Å²) in [4.78, 5) is 18.5. The van der Waals surface area contributed by atoms with E-state index in [0.29, 0.717) is 21.6 Å². The van der Waals surface area contributed by atoms with E-state index in [-0.39, 0.29) is 11.6 Å². The van der Waals surface area contributed by atoms with Crippen LogP contribution in [0.15, 0.2) is 29.0 Å². The van der Waals surface area contributed by atoms with Crippen molar-refractivity contribution in [1.29, 1.82) is 0 Å². The van der Waals surface area contributed by atoms with E-state index in [0.717, 1.165) is 0 Å². The van der Waals surface area contributed by atoms with Gasteiger partial charge in [-0.1, -0.05) is 6.07 Å². The van der Waals surface area contributed by atoms with Crippen LogP contribution in [0, 0.1) is 17.0 Å². The fourth-order valence-electron chi connectivity index (χ4n) is 1.61. The Morgan fingerprint density at radius 3 is 2.80 bits per heavy atom. The molecule has 0 amide bonds. The lowest BCUT2D eigenvalue weighted by molar-refractivity contribution is -0.385. The van der Waals surface area contributed by atoms with Gasteiger partial charge >= 0.3 is 0 Å². The lowest BCUT2D eigenvalue weighted by Crippen LogP contribution is -1.99. The molecule has 0 aliphatic carbocycles. The van der Waals surface area contributed by atoms with Crippen LogP contribution in [0.5, 0.6) is 11.6 Å². The minimum Gasteiger partial charge on any atom is -0.437 e. The van der Waals surface area contributed by atoms with Gasteiger partial charge in [-0.15, -0.1) is 0 Å². The summed E-state index contributed by atoms with van der Waals surface area (Å²) in [5.74, 6) is 1.23. The zero-order valence-electron chi connectivity index (χ0n) is 10.8. The summed E-state index contributed by atoms with van der Waals surface area (Å²) in [6.45, 7) is 1.63. The van der Waals surface area contributed by atoms with Crippen molar-refractivity contribution in [2.45, 2.75) is 6.92 Å². The first-order valence-corrected chi connectivity index (χ1v) is 6.44. The molecule has 2 rings (SSSR count). The Balaban J connectivity index is 2.41. The first kappa shape index (κ1) is 14.2. The molecule has 1 aromatic carbocycles. The molecule has 7 nitrogen and oxygen atoms in total. The van der Waals surface area contributed by atoms with Crippen molar-refractivity contribution in [3.63, 3.8) is 0 Å². The standard InChI is InChI=1S/C12H11BrN4O3/c1-7-8(17(18)19)4-3-5-9(7)20-12-10(13)11(14-2)15-6-16-12/h3-6H,1-2H3,(H,14,15,16). The summed E-state index contributed by atoms with van der Waals surface area (Å²) < 4.78 is 6.18.